The molecular formula is C47H31N3. The van der Waals surface area contributed by atoms with Crippen molar-refractivity contribution in [3.05, 3.63) is 188 Å². The zero-order valence-corrected chi connectivity index (χ0v) is 27.2. The van der Waals surface area contributed by atoms with E-state index in [0.717, 1.165) is 61.4 Å². The number of benzene rings is 7. The lowest BCUT2D eigenvalue weighted by molar-refractivity contribution is 1.18. The Morgan fingerprint density at radius 3 is 1.48 bits per heavy atom. The monoisotopic (exact) mass is 637 g/mol. The maximum absolute atomic E-state index is 5.15. The van der Waals surface area contributed by atoms with Crippen molar-refractivity contribution < 1.29 is 0 Å². The van der Waals surface area contributed by atoms with Gasteiger partial charge in [0.2, 0.25) is 0 Å². The highest BCUT2D eigenvalue weighted by Crippen LogP contribution is 2.38. The van der Waals surface area contributed by atoms with Crippen LogP contribution in [0.2, 0.25) is 0 Å². The average Bonchev–Trinajstić information content (AvgIpc) is 3.21. The van der Waals surface area contributed by atoms with Crippen LogP contribution in [-0.2, 0) is 0 Å². The quantitative estimate of drug-likeness (QED) is 0.170. The fourth-order valence-electron chi connectivity index (χ4n) is 6.77. The highest BCUT2D eigenvalue weighted by molar-refractivity contribution is 6.14. The van der Waals surface area contributed by atoms with Crippen LogP contribution in [-0.4, -0.2) is 15.0 Å². The first-order valence-corrected chi connectivity index (χ1v) is 16.9. The molecule has 0 radical (unpaired) electrons. The predicted molar refractivity (Wildman–Crippen MR) is 207 cm³/mol. The standard InChI is InChI=1S/C47H31N3/c1-5-14-32(15-6-1)41-30-43(33-16-7-2-8-17-33)48-42-27-25-38-28-37(24-26-40(38)46(41)42)36-22-13-23-39(29-36)45-31-44(34-18-9-3-10-19-34)49-47(50-45)35-20-11-4-12-21-35/h1-31H. The third-order valence-corrected chi connectivity index (χ3v) is 9.26. The molecular weight excluding hydrogens is 607 g/mol. The highest BCUT2D eigenvalue weighted by atomic mass is 14.9. The third-order valence-electron chi connectivity index (χ3n) is 9.26. The van der Waals surface area contributed by atoms with Gasteiger partial charge >= 0.3 is 0 Å². The second-order valence-corrected chi connectivity index (χ2v) is 12.5. The molecule has 0 N–H and O–H groups in total. The molecule has 9 aromatic rings. The first-order valence-electron chi connectivity index (χ1n) is 16.9. The minimum atomic E-state index is 0.711. The molecule has 3 heteroatoms. The molecule has 0 aliphatic rings. The fourth-order valence-corrected chi connectivity index (χ4v) is 6.77. The summed E-state index contributed by atoms with van der Waals surface area (Å²) in [6.07, 6.45) is 0. The Labute approximate surface area is 291 Å². The van der Waals surface area contributed by atoms with Crippen LogP contribution in [0.25, 0.3) is 89.1 Å². The lowest BCUT2D eigenvalue weighted by Crippen LogP contribution is -1.96. The molecule has 7 aromatic carbocycles. The van der Waals surface area contributed by atoms with Gasteiger partial charge < -0.3 is 0 Å². The molecule has 9 rings (SSSR count). The number of pyridine rings is 1. The summed E-state index contributed by atoms with van der Waals surface area (Å²) in [4.78, 5) is 15.2. The van der Waals surface area contributed by atoms with Gasteiger partial charge in [-0.15, -0.1) is 0 Å². The van der Waals surface area contributed by atoms with Crippen molar-refractivity contribution in [1.82, 2.24) is 15.0 Å². The molecule has 0 fully saturated rings. The average molecular weight is 638 g/mol. The maximum Gasteiger partial charge on any atom is 0.160 e. The van der Waals surface area contributed by atoms with E-state index < -0.39 is 0 Å². The van der Waals surface area contributed by atoms with Crippen molar-refractivity contribution >= 4 is 21.7 Å². The summed E-state index contributed by atoms with van der Waals surface area (Å²) >= 11 is 0. The second kappa shape index (κ2) is 12.7. The molecule has 0 unspecified atom stereocenters. The van der Waals surface area contributed by atoms with Crippen LogP contribution in [0.5, 0.6) is 0 Å². The van der Waals surface area contributed by atoms with Gasteiger partial charge in [-0.3, -0.25) is 0 Å². The molecule has 0 atom stereocenters. The molecule has 3 nitrogen and oxygen atoms in total. The molecule has 0 saturated heterocycles. The summed E-state index contributed by atoms with van der Waals surface area (Å²) in [6.45, 7) is 0. The van der Waals surface area contributed by atoms with Crippen molar-refractivity contribution in [1.29, 1.82) is 0 Å². The number of fused-ring (bicyclic) bond motifs is 3. The third kappa shape index (κ3) is 5.61. The largest absolute Gasteiger partial charge is 0.248 e. The van der Waals surface area contributed by atoms with Gasteiger partial charge in [-0.05, 0) is 63.4 Å². The van der Waals surface area contributed by atoms with Crippen molar-refractivity contribution in [3.8, 4) is 67.4 Å². The summed E-state index contributed by atoms with van der Waals surface area (Å²) in [5.74, 6) is 0.711. The van der Waals surface area contributed by atoms with E-state index in [4.69, 9.17) is 15.0 Å². The van der Waals surface area contributed by atoms with Crippen LogP contribution in [0.3, 0.4) is 0 Å². The van der Waals surface area contributed by atoms with Crippen molar-refractivity contribution in [3.63, 3.8) is 0 Å². The Morgan fingerprint density at radius 2 is 0.820 bits per heavy atom. The van der Waals surface area contributed by atoms with Gasteiger partial charge in [-0.1, -0.05) is 158 Å². The zero-order chi connectivity index (χ0) is 33.3. The Kier molecular flexibility index (Phi) is 7.49. The molecule has 2 heterocycles. The van der Waals surface area contributed by atoms with Gasteiger partial charge in [0.05, 0.1) is 22.6 Å². The van der Waals surface area contributed by atoms with E-state index in [9.17, 15) is 0 Å². The maximum atomic E-state index is 5.15. The fraction of sp³-hybridized carbons (Fsp3) is 0. The molecule has 50 heavy (non-hydrogen) atoms. The van der Waals surface area contributed by atoms with Gasteiger partial charge in [-0.25, -0.2) is 15.0 Å². The van der Waals surface area contributed by atoms with Crippen LogP contribution < -0.4 is 0 Å². The smallest absolute Gasteiger partial charge is 0.160 e. The molecule has 0 aliphatic carbocycles. The molecule has 0 aliphatic heterocycles. The number of hydrogen-bond acceptors (Lipinski definition) is 3. The van der Waals surface area contributed by atoms with Gasteiger partial charge in [0.1, 0.15) is 0 Å². The number of rotatable bonds is 6. The topological polar surface area (TPSA) is 38.7 Å². The van der Waals surface area contributed by atoms with E-state index in [1.807, 2.05) is 42.5 Å². The van der Waals surface area contributed by atoms with Gasteiger partial charge in [-0.2, -0.15) is 0 Å². The number of aromatic nitrogens is 3. The van der Waals surface area contributed by atoms with Crippen LogP contribution in [0.15, 0.2) is 188 Å². The molecule has 0 bridgehead atoms. The second-order valence-electron chi connectivity index (χ2n) is 12.5. The summed E-state index contributed by atoms with van der Waals surface area (Å²) in [7, 11) is 0. The first-order chi connectivity index (χ1) is 24.8. The van der Waals surface area contributed by atoms with Crippen LogP contribution in [0, 0.1) is 0 Å². The van der Waals surface area contributed by atoms with Crippen LogP contribution >= 0.6 is 0 Å². The molecule has 0 amide bonds. The highest BCUT2D eigenvalue weighted by Gasteiger charge is 2.15. The first kappa shape index (κ1) is 29.4. The van der Waals surface area contributed by atoms with E-state index in [-0.39, 0.29) is 0 Å². The van der Waals surface area contributed by atoms with Crippen LogP contribution in [0.1, 0.15) is 0 Å². The van der Waals surface area contributed by atoms with Crippen molar-refractivity contribution in [2.45, 2.75) is 0 Å². The minimum absolute atomic E-state index is 0.711. The number of hydrogen-bond donors (Lipinski definition) is 0. The lowest BCUT2D eigenvalue weighted by atomic mass is 9.92. The number of nitrogens with zero attached hydrogens (tertiary/aromatic N) is 3. The summed E-state index contributed by atoms with van der Waals surface area (Å²) in [5, 5.41) is 3.52. The molecule has 234 valence electrons. The van der Waals surface area contributed by atoms with E-state index >= 15 is 0 Å². The Hall–Kier alpha value is -6.71. The Balaban J connectivity index is 1.16. The minimum Gasteiger partial charge on any atom is -0.248 e. The molecule has 0 spiro atoms. The summed E-state index contributed by atoms with van der Waals surface area (Å²) < 4.78 is 0. The van der Waals surface area contributed by atoms with Gasteiger partial charge in [0, 0.05) is 27.6 Å². The zero-order valence-electron chi connectivity index (χ0n) is 27.2. The van der Waals surface area contributed by atoms with E-state index in [1.165, 1.54) is 21.9 Å². The van der Waals surface area contributed by atoms with E-state index in [0.29, 0.717) is 5.82 Å². The van der Waals surface area contributed by atoms with Gasteiger partial charge in [0.15, 0.2) is 5.82 Å². The van der Waals surface area contributed by atoms with Crippen molar-refractivity contribution in [2.75, 3.05) is 0 Å². The molecule has 0 saturated carbocycles. The van der Waals surface area contributed by atoms with Crippen LogP contribution in [0.4, 0.5) is 0 Å². The van der Waals surface area contributed by atoms with Gasteiger partial charge in [0.25, 0.3) is 0 Å². The normalized spacial score (nSPS) is 11.2. The summed E-state index contributed by atoms with van der Waals surface area (Å²) in [6, 6.07) is 65.7. The predicted octanol–water partition coefficient (Wildman–Crippen LogP) is 12.2. The Bertz CT molecular complexity index is 2560. The van der Waals surface area contributed by atoms with E-state index in [1.54, 1.807) is 0 Å². The lowest BCUT2D eigenvalue weighted by Gasteiger charge is -2.14. The SMILES string of the molecule is c1ccc(-c2cc(-c3cccc(-c4ccc5c(ccc6nc(-c7ccccc7)cc(-c7ccccc7)c65)c4)c3)nc(-c3ccccc3)n2)cc1. The van der Waals surface area contributed by atoms with E-state index in [2.05, 4.69) is 146 Å². The molecule has 2 aromatic heterocycles. The summed E-state index contributed by atoms with van der Waals surface area (Å²) in [5.41, 5.74) is 12.6. The van der Waals surface area contributed by atoms with Crippen molar-refractivity contribution in [2.24, 2.45) is 0 Å². The Morgan fingerprint density at radius 1 is 0.300 bits per heavy atom.